The van der Waals surface area contributed by atoms with Gasteiger partial charge in [0.2, 0.25) is 11.9 Å². The van der Waals surface area contributed by atoms with Gasteiger partial charge in [-0.15, -0.1) is 0 Å². The largest absolute Gasteiger partial charge is 0.340 e. The third-order valence-electron chi connectivity index (χ3n) is 4.38. The molecule has 1 amide bonds. The molecular formula is C18H21ClN4O. The van der Waals surface area contributed by atoms with Gasteiger partial charge in [0.25, 0.3) is 0 Å². The molecule has 1 saturated heterocycles. The van der Waals surface area contributed by atoms with E-state index in [2.05, 4.69) is 20.2 Å². The Morgan fingerprint density at radius 2 is 2.17 bits per heavy atom. The van der Waals surface area contributed by atoms with Crippen molar-refractivity contribution in [3.8, 4) is 0 Å². The van der Waals surface area contributed by atoms with E-state index in [9.17, 15) is 4.79 Å². The molecule has 2 aromatic rings. The Labute approximate surface area is 147 Å². The Morgan fingerprint density at radius 3 is 2.96 bits per heavy atom. The first-order chi connectivity index (χ1) is 11.5. The number of halogens is 1. The summed E-state index contributed by atoms with van der Waals surface area (Å²) < 4.78 is 0. The van der Waals surface area contributed by atoms with Crippen molar-refractivity contribution in [1.29, 1.82) is 0 Å². The highest BCUT2D eigenvalue weighted by atomic mass is 35.5. The molecule has 1 aromatic heterocycles. The molecule has 3 rings (SSSR count). The monoisotopic (exact) mass is 344 g/mol. The molecule has 126 valence electrons. The van der Waals surface area contributed by atoms with Gasteiger partial charge < -0.3 is 10.2 Å². The van der Waals surface area contributed by atoms with E-state index in [1.54, 1.807) is 6.20 Å². The average molecular weight is 345 g/mol. The predicted octanol–water partition coefficient (Wildman–Crippen LogP) is 3.60. The smallest absolute Gasteiger partial charge is 0.229 e. The van der Waals surface area contributed by atoms with Gasteiger partial charge in [0, 0.05) is 35.7 Å². The summed E-state index contributed by atoms with van der Waals surface area (Å²) in [6, 6.07) is 7.42. The minimum Gasteiger partial charge on any atom is -0.340 e. The zero-order chi connectivity index (χ0) is 17.1. The molecule has 1 N–H and O–H groups in total. The topological polar surface area (TPSA) is 58.1 Å². The number of nitrogens with zero attached hydrogens (tertiary/aromatic N) is 3. The molecule has 1 fully saturated rings. The summed E-state index contributed by atoms with van der Waals surface area (Å²) in [4.78, 5) is 23.5. The van der Waals surface area contributed by atoms with E-state index >= 15 is 0 Å². The minimum atomic E-state index is -0.0822. The third-order valence-corrected chi connectivity index (χ3v) is 4.79. The van der Waals surface area contributed by atoms with Crippen molar-refractivity contribution < 1.29 is 4.79 Å². The maximum Gasteiger partial charge on any atom is 0.229 e. The standard InChI is InChI=1S/C18H21ClN4O/c1-12-8-9-20-18(21-12)23-10-4-5-14(11-23)17(24)22-16-7-3-6-15(19)13(16)2/h3,6-9,14H,4-5,10-11H2,1-2H3,(H,22,24)/t14-/m0/s1. The molecule has 0 bridgehead atoms. The van der Waals surface area contributed by atoms with E-state index in [0.717, 1.165) is 36.3 Å². The highest BCUT2D eigenvalue weighted by molar-refractivity contribution is 6.31. The first-order valence-electron chi connectivity index (χ1n) is 8.15. The molecule has 0 radical (unpaired) electrons. The van der Waals surface area contributed by atoms with Crippen LogP contribution in [0.3, 0.4) is 0 Å². The van der Waals surface area contributed by atoms with Crippen LogP contribution in [-0.4, -0.2) is 29.0 Å². The maximum absolute atomic E-state index is 12.7. The van der Waals surface area contributed by atoms with Crippen molar-refractivity contribution in [1.82, 2.24) is 9.97 Å². The van der Waals surface area contributed by atoms with Gasteiger partial charge in [-0.05, 0) is 50.5 Å². The fraction of sp³-hybridized carbons (Fsp3) is 0.389. The summed E-state index contributed by atoms with van der Waals surface area (Å²) >= 11 is 6.13. The number of hydrogen-bond donors (Lipinski definition) is 1. The number of carbonyl (C=O) groups is 1. The van der Waals surface area contributed by atoms with Crippen LogP contribution in [0.2, 0.25) is 5.02 Å². The Bertz CT molecular complexity index is 750. The second-order valence-electron chi connectivity index (χ2n) is 6.18. The van der Waals surface area contributed by atoms with Gasteiger partial charge in [-0.3, -0.25) is 4.79 Å². The van der Waals surface area contributed by atoms with Crippen molar-refractivity contribution in [3.63, 3.8) is 0 Å². The lowest BCUT2D eigenvalue weighted by Gasteiger charge is -2.32. The van der Waals surface area contributed by atoms with Gasteiger partial charge in [-0.2, -0.15) is 0 Å². The highest BCUT2D eigenvalue weighted by Crippen LogP contribution is 2.25. The number of hydrogen-bond acceptors (Lipinski definition) is 4. The molecule has 24 heavy (non-hydrogen) atoms. The van der Waals surface area contributed by atoms with Gasteiger partial charge in [0.15, 0.2) is 0 Å². The molecule has 0 unspecified atom stereocenters. The maximum atomic E-state index is 12.7. The molecule has 1 aliphatic heterocycles. The zero-order valence-electron chi connectivity index (χ0n) is 13.9. The SMILES string of the molecule is Cc1ccnc(N2CCC[C@H](C(=O)Nc3cccc(Cl)c3C)C2)n1. The van der Waals surface area contributed by atoms with E-state index in [1.807, 2.05) is 38.1 Å². The molecule has 0 aliphatic carbocycles. The number of piperidine rings is 1. The van der Waals surface area contributed by atoms with Gasteiger partial charge >= 0.3 is 0 Å². The third kappa shape index (κ3) is 3.67. The summed E-state index contributed by atoms with van der Waals surface area (Å²) in [6.07, 6.45) is 3.58. The summed E-state index contributed by atoms with van der Waals surface area (Å²) in [5.41, 5.74) is 2.60. The van der Waals surface area contributed by atoms with Gasteiger partial charge in [-0.25, -0.2) is 9.97 Å². The fourth-order valence-corrected chi connectivity index (χ4v) is 3.11. The molecule has 6 heteroatoms. The van der Waals surface area contributed by atoms with E-state index in [0.29, 0.717) is 17.5 Å². The van der Waals surface area contributed by atoms with E-state index < -0.39 is 0 Å². The van der Waals surface area contributed by atoms with E-state index in [1.165, 1.54) is 0 Å². The number of carbonyl (C=O) groups excluding carboxylic acids is 1. The Morgan fingerprint density at radius 1 is 1.33 bits per heavy atom. The molecule has 1 atom stereocenters. The highest BCUT2D eigenvalue weighted by Gasteiger charge is 2.27. The summed E-state index contributed by atoms with van der Waals surface area (Å²) in [5, 5.41) is 3.67. The van der Waals surface area contributed by atoms with Crippen LogP contribution in [0, 0.1) is 19.8 Å². The Balaban J connectivity index is 1.70. The second kappa shape index (κ2) is 7.18. The molecule has 1 aromatic carbocycles. The first-order valence-corrected chi connectivity index (χ1v) is 8.53. The van der Waals surface area contributed by atoms with Gasteiger partial charge in [0.05, 0.1) is 5.92 Å². The van der Waals surface area contributed by atoms with Crippen LogP contribution in [0.1, 0.15) is 24.1 Å². The number of aryl methyl sites for hydroxylation is 1. The summed E-state index contributed by atoms with van der Waals surface area (Å²) in [6.45, 7) is 5.37. The molecule has 5 nitrogen and oxygen atoms in total. The lowest BCUT2D eigenvalue weighted by Crippen LogP contribution is -2.41. The van der Waals surface area contributed by atoms with Crippen LogP contribution in [0.4, 0.5) is 11.6 Å². The van der Waals surface area contributed by atoms with Crippen LogP contribution in [-0.2, 0) is 4.79 Å². The van der Waals surface area contributed by atoms with Crippen molar-refractivity contribution in [2.75, 3.05) is 23.3 Å². The molecule has 1 aliphatic rings. The van der Waals surface area contributed by atoms with Crippen molar-refractivity contribution >= 4 is 29.1 Å². The first kappa shape index (κ1) is 16.7. The molecule has 0 saturated carbocycles. The number of nitrogens with one attached hydrogen (secondary N) is 1. The van der Waals surface area contributed by atoms with Crippen LogP contribution in [0.25, 0.3) is 0 Å². The minimum absolute atomic E-state index is 0.0257. The van der Waals surface area contributed by atoms with Crippen molar-refractivity contribution in [2.24, 2.45) is 5.92 Å². The summed E-state index contributed by atoms with van der Waals surface area (Å²) in [5.74, 6) is 0.644. The molecule has 2 heterocycles. The predicted molar refractivity (Wildman–Crippen MR) is 96.5 cm³/mol. The van der Waals surface area contributed by atoms with Crippen LogP contribution >= 0.6 is 11.6 Å². The van der Waals surface area contributed by atoms with Crippen LogP contribution in [0.15, 0.2) is 30.5 Å². The van der Waals surface area contributed by atoms with E-state index in [4.69, 9.17) is 11.6 Å². The lowest BCUT2D eigenvalue weighted by molar-refractivity contribution is -0.120. The van der Waals surface area contributed by atoms with E-state index in [-0.39, 0.29) is 11.8 Å². The Hall–Kier alpha value is -2.14. The lowest BCUT2D eigenvalue weighted by atomic mass is 9.97. The number of rotatable bonds is 3. The van der Waals surface area contributed by atoms with Gasteiger partial charge in [-0.1, -0.05) is 17.7 Å². The summed E-state index contributed by atoms with van der Waals surface area (Å²) in [7, 11) is 0. The van der Waals surface area contributed by atoms with Crippen LogP contribution < -0.4 is 10.2 Å². The number of anilines is 2. The Kier molecular flexibility index (Phi) is 5.00. The quantitative estimate of drug-likeness (QED) is 0.924. The normalized spacial score (nSPS) is 17.6. The van der Waals surface area contributed by atoms with Crippen LogP contribution in [0.5, 0.6) is 0 Å². The number of benzene rings is 1. The number of amides is 1. The molecule has 0 spiro atoms. The molecular weight excluding hydrogens is 324 g/mol. The fourth-order valence-electron chi connectivity index (χ4n) is 2.94. The van der Waals surface area contributed by atoms with Gasteiger partial charge in [0.1, 0.15) is 0 Å². The van der Waals surface area contributed by atoms with Crippen molar-refractivity contribution in [3.05, 3.63) is 46.7 Å². The second-order valence-corrected chi connectivity index (χ2v) is 6.59. The number of aromatic nitrogens is 2. The average Bonchev–Trinajstić information content (AvgIpc) is 2.59. The zero-order valence-corrected chi connectivity index (χ0v) is 14.7. The van der Waals surface area contributed by atoms with Crippen molar-refractivity contribution in [2.45, 2.75) is 26.7 Å².